The fraction of sp³-hybridized carbons (Fsp3) is 0.400. The first-order valence-corrected chi connectivity index (χ1v) is 9.38. The second kappa shape index (κ2) is 7.00. The Kier molecular flexibility index (Phi) is 4.62. The summed E-state index contributed by atoms with van der Waals surface area (Å²) in [6, 6.07) is 10.7. The molecule has 0 unspecified atom stereocenters. The van der Waals surface area contributed by atoms with E-state index in [1.54, 1.807) is 4.90 Å². The molecule has 1 aromatic heterocycles. The van der Waals surface area contributed by atoms with Gasteiger partial charge in [-0.2, -0.15) is 0 Å². The summed E-state index contributed by atoms with van der Waals surface area (Å²) >= 11 is 0. The Bertz CT molecular complexity index is 1090. The highest BCUT2D eigenvalue weighted by Crippen LogP contribution is 2.37. The van der Waals surface area contributed by atoms with Crippen LogP contribution >= 0.6 is 0 Å². The molecule has 2 aliphatic rings. The first kappa shape index (κ1) is 19.1. The van der Waals surface area contributed by atoms with Crippen LogP contribution in [0.3, 0.4) is 0 Å². The molecule has 0 aliphatic carbocycles. The molecule has 2 saturated heterocycles. The SMILES string of the molecule is Cn1c(C(=O)N2CC[C@@]3(c4ccccc4)NC(=O)CO[C@@H]3C2)cc(=O)n(C)c1=O. The minimum Gasteiger partial charge on any atom is -0.364 e. The number of benzene rings is 1. The summed E-state index contributed by atoms with van der Waals surface area (Å²) in [7, 11) is 2.83. The van der Waals surface area contributed by atoms with Gasteiger partial charge in [0.2, 0.25) is 5.91 Å². The van der Waals surface area contributed by atoms with Gasteiger partial charge in [0.1, 0.15) is 18.4 Å². The van der Waals surface area contributed by atoms with Gasteiger partial charge >= 0.3 is 5.69 Å². The van der Waals surface area contributed by atoms with Crippen LogP contribution in [-0.2, 0) is 29.2 Å². The fourth-order valence-corrected chi connectivity index (χ4v) is 4.14. The quantitative estimate of drug-likeness (QED) is 0.724. The van der Waals surface area contributed by atoms with Gasteiger partial charge in [0.25, 0.3) is 11.5 Å². The van der Waals surface area contributed by atoms with Gasteiger partial charge in [-0.3, -0.25) is 23.5 Å². The summed E-state index contributed by atoms with van der Waals surface area (Å²) in [5.41, 5.74) is -0.853. The van der Waals surface area contributed by atoms with Crippen molar-refractivity contribution in [3.8, 4) is 0 Å². The van der Waals surface area contributed by atoms with Gasteiger partial charge in [-0.1, -0.05) is 30.3 Å². The van der Waals surface area contributed by atoms with E-state index in [0.29, 0.717) is 13.0 Å². The van der Waals surface area contributed by atoms with Crippen molar-refractivity contribution in [3.05, 3.63) is 68.5 Å². The maximum Gasteiger partial charge on any atom is 0.331 e. The van der Waals surface area contributed by atoms with E-state index in [1.807, 2.05) is 30.3 Å². The zero-order valence-corrected chi connectivity index (χ0v) is 16.3. The monoisotopic (exact) mass is 398 g/mol. The minimum atomic E-state index is -0.716. The summed E-state index contributed by atoms with van der Waals surface area (Å²) in [5.74, 6) is -0.608. The predicted molar refractivity (Wildman–Crippen MR) is 103 cm³/mol. The molecule has 0 radical (unpaired) electrons. The van der Waals surface area contributed by atoms with Crippen LogP contribution in [0.5, 0.6) is 0 Å². The lowest BCUT2D eigenvalue weighted by molar-refractivity contribution is -0.150. The van der Waals surface area contributed by atoms with Crippen molar-refractivity contribution in [1.82, 2.24) is 19.4 Å². The van der Waals surface area contributed by atoms with Crippen LogP contribution in [0, 0.1) is 0 Å². The second-order valence-corrected chi connectivity index (χ2v) is 7.45. The molecule has 2 aliphatic heterocycles. The number of hydrogen-bond acceptors (Lipinski definition) is 5. The third-order valence-electron chi connectivity index (χ3n) is 5.81. The number of ether oxygens (including phenoxy) is 1. The molecule has 2 aromatic rings. The van der Waals surface area contributed by atoms with Crippen molar-refractivity contribution >= 4 is 11.8 Å². The topological polar surface area (TPSA) is 103 Å². The molecule has 1 aromatic carbocycles. The van der Waals surface area contributed by atoms with Gasteiger partial charge in [-0.15, -0.1) is 0 Å². The van der Waals surface area contributed by atoms with Gasteiger partial charge in [0.05, 0.1) is 5.54 Å². The highest BCUT2D eigenvalue weighted by atomic mass is 16.5. The number of fused-ring (bicyclic) bond motifs is 1. The van der Waals surface area contributed by atoms with E-state index in [9.17, 15) is 19.2 Å². The lowest BCUT2D eigenvalue weighted by Crippen LogP contribution is -2.67. The molecule has 1 N–H and O–H groups in total. The van der Waals surface area contributed by atoms with E-state index in [2.05, 4.69) is 5.32 Å². The molecule has 152 valence electrons. The van der Waals surface area contributed by atoms with E-state index in [4.69, 9.17) is 4.74 Å². The van der Waals surface area contributed by atoms with Crippen LogP contribution in [0.25, 0.3) is 0 Å². The van der Waals surface area contributed by atoms with E-state index < -0.39 is 28.8 Å². The largest absolute Gasteiger partial charge is 0.364 e. The van der Waals surface area contributed by atoms with Crippen molar-refractivity contribution in [1.29, 1.82) is 0 Å². The molecule has 2 atom stereocenters. The van der Waals surface area contributed by atoms with Crippen molar-refractivity contribution in [3.63, 3.8) is 0 Å². The average molecular weight is 398 g/mol. The molecular weight excluding hydrogens is 376 g/mol. The number of amides is 2. The number of likely N-dealkylation sites (tertiary alicyclic amines) is 1. The zero-order chi connectivity index (χ0) is 20.8. The molecule has 9 heteroatoms. The van der Waals surface area contributed by atoms with Crippen LogP contribution in [0.15, 0.2) is 46.0 Å². The Morgan fingerprint density at radius 3 is 2.59 bits per heavy atom. The Hall–Kier alpha value is -3.20. The van der Waals surface area contributed by atoms with Crippen LogP contribution in [0.1, 0.15) is 22.5 Å². The summed E-state index contributed by atoms with van der Waals surface area (Å²) in [6.45, 7) is 0.500. The number of morpholine rings is 1. The van der Waals surface area contributed by atoms with Crippen molar-refractivity contribution in [2.45, 2.75) is 18.1 Å². The molecule has 0 saturated carbocycles. The zero-order valence-electron chi connectivity index (χ0n) is 16.3. The Balaban J connectivity index is 1.66. The maximum absolute atomic E-state index is 13.1. The molecule has 2 amide bonds. The van der Waals surface area contributed by atoms with Gasteiger partial charge < -0.3 is 15.0 Å². The summed E-state index contributed by atoms with van der Waals surface area (Å²) in [5, 5.41) is 3.07. The molecule has 2 fully saturated rings. The number of carbonyl (C=O) groups excluding carboxylic acids is 2. The first-order valence-electron chi connectivity index (χ1n) is 9.38. The van der Waals surface area contributed by atoms with Gasteiger partial charge in [0, 0.05) is 33.3 Å². The van der Waals surface area contributed by atoms with E-state index in [0.717, 1.165) is 10.1 Å². The molecule has 0 spiro atoms. The van der Waals surface area contributed by atoms with Crippen LogP contribution < -0.4 is 16.6 Å². The number of carbonyl (C=O) groups is 2. The van der Waals surface area contributed by atoms with Crippen molar-refractivity contribution in [2.75, 3.05) is 19.7 Å². The highest BCUT2D eigenvalue weighted by molar-refractivity contribution is 5.92. The molecule has 3 heterocycles. The predicted octanol–water partition coefficient (Wildman–Crippen LogP) is -0.660. The lowest BCUT2D eigenvalue weighted by Gasteiger charge is -2.50. The molecular formula is C20H22N4O5. The summed E-state index contributed by atoms with van der Waals surface area (Å²) in [6.07, 6.45) is 0.0154. The van der Waals surface area contributed by atoms with Gasteiger partial charge in [0.15, 0.2) is 0 Å². The van der Waals surface area contributed by atoms with Gasteiger partial charge in [-0.25, -0.2) is 4.79 Å². The summed E-state index contributed by atoms with van der Waals surface area (Å²) in [4.78, 5) is 50.9. The number of piperidine rings is 1. The van der Waals surface area contributed by atoms with E-state index >= 15 is 0 Å². The number of hydrogen-bond donors (Lipinski definition) is 1. The highest BCUT2D eigenvalue weighted by Gasteiger charge is 2.50. The van der Waals surface area contributed by atoms with Crippen molar-refractivity contribution in [2.24, 2.45) is 14.1 Å². The normalized spacial score (nSPS) is 24.0. The van der Waals surface area contributed by atoms with E-state index in [-0.39, 0.29) is 24.8 Å². The molecule has 9 nitrogen and oxygen atoms in total. The second-order valence-electron chi connectivity index (χ2n) is 7.45. The van der Waals surface area contributed by atoms with Crippen LogP contribution in [0.2, 0.25) is 0 Å². The van der Waals surface area contributed by atoms with Gasteiger partial charge in [-0.05, 0) is 12.0 Å². The Morgan fingerprint density at radius 1 is 1.14 bits per heavy atom. The third-order valence-corrected chi connectivity index (χ3v) is 5.81. The molecule has 29 heavy (non-hydrogen) atoms. The number of rotatable bonds is 2. The number of nitrogens with one attached hydrogen (secondary N) is 1. The minimum absolute atomic E-state index is 0.0326. The van der Waals surface area contributed by atoms with Crippen LogP contribution in [0.4, 0.5) is 0 Å². The lowest BCUT2D eigenvalue weighted by atomic mass is 9.77. The van der Waals surface area contributed by atoms with E-state index in [1.165, 1.54) is 24.7 Å². The standard InChI is InChI=1S/C20H22N4O5/c1-22-14(10-17(26)23(2)19(22)28)18(27)24-9-8-20(13-6-4-3-5-7-13)15(11-24)29-12-16(25)21-20/h3-7,10,15H,8-9,11-12H2,1-2H3,(H,21,25)/t15-,20+/m1/s1. The smallest absolute Gasteiger partial charge is 0.331 e. The molecule has 4 rings (SSSR count). The van der Waals surface area contributed by atoms with Crippen LogP contribution in [-0.4, -0.2) is 51.6 Å². The molecule has 0 bridgehead atoms. The maximum atomic E-state index is 13.1. The number of nitrogens with zero attached hydrogens (tertiary/aromatic N) is 3. The average Bonchev–Trinajstić information content (AvgIpc) is 2.74. The first-order chi connectivity index (χ1) is 13.8. The Morgan fingerprint density at radius 2 is 1.86 bits per heavy atom. The summed E-state index contributed by atoms with van der Waals surface area (Å²) < 4.78 is 7.95. The third kappa shape index (κ3) is 3.07. The van der Waals surface area contributed by atoms with Crippen molar-refractivity contribution < 1.29 is 14.3 Å². The Labute approximate surface area is 166 Å². The fourth-order valence-electron chi connectivity index (χ4n) is 4.14. The number of aromatic nitrogens is 2.